The molecule has 0 aliphatic carbocycles. The molecule has 0 radical (unpaired) electrons. The second kappa shape index (κ2) is 6.45. The Morgan fingerprint density at radius 1 is 1.16 bits per heavy atom. The smallest absolute Gasteiger partial charge is 0.411 e. The number of benzene rings is 2. The van der Waals surface area contributed by atoms with Crippen LogP contribution in [-0.4, -0.2) is 35.9 Å². The molecule has 1 N–H and O–H groups in total. The number of nitrogens with one attached hydrogen (secondary N) is 1. The average molecular weight is 340 g/mol. The minimum Gasteiger partial charge on any atom is -0.447 e. The Morgan fingerprint density at radius 2 is 2.00 bits per heavy atom. The second-order valence-corrected chi connectivity index (χ2v) is 5.74. The fourth-order valence-corrected chi connectivity index (χ4v) is 2.88. The van der Waals surface area contributed by atoms with Crippen LogP contribution < -0.4 is 10.4 Å². The van der Waals surface area contributed by atoms with Crippen molar-refractivity contribution in [1.82, 2.24) is 15.4 Å². The predicted molar refractivity (Wildman–Crippen MR) is 91.4 cm³/mol. The molecule has 128 valence electrons. The number of halogens is 1. The van der Waals surface area contributed by atoms with Crippen LogP contribution in [0.2, 0.25) is 0 Å². The van der Waals surface area contributed by atoms with Crippen LogP contribution in [0.1, 0.15) is 0 Å². The Kier molecular flexibility index (Phi) is 3.99. The van der Waals surface area contributed by atoms with Crippen LogP contribution in [0.5, 0.6) is 0 Å². The lowest BCUT2D eigenvalue weighted by Crippen LogP contribution is -2.49. The van der Waals surface area contributed by atoms with Gasteiger partial charge in [-0.3, -0.25) is 9.91 Å². The van der Waals surface area contributed by atoms with E-state index in [1.807, 2.05) is 36.4 Å². The van der Waals surface area contributed by atoms with Crippen LogP contribution in [0.25, 0.3) is 11.1 Å². The van der Waals surface area contributed by atoms with Gasteiger partial charge in [0, 0.05) is 18.0 Å². The molecular formula is C18H17FN4O2. The summed E-state index contributed by atoms with van der Waals surface area (Å²) < 4.78 is 19.5. The van der Waals surface area contributed by atoms with Gasteiger partial charge in [0.15, 0.2) is 0 Å². The number of ether oxygens (including phenoxy) is 1. The van der Waals surface area contributed by atoms with E-state index in [0.717, 1.165) is 5.56 Å². The quantitative estimate of drug-likeness (QED) is 0.927. The van der Waals surface area contributed by atoms with Crippen molar-refractivity contribution in [3.05, 3.63) is 66.7 Å². The fraction of sp³-hybridized carbons (Fsp3) is 0.167. The van der Waals surface area contributed by atoms with Crippen molar-refractivity contribution >= 4 is 11.8 Å². The largest absolute Gasteiger partial charge is 0.447 e. The number of rotatable bonds is 4. The van der Waals surface area contributed by atoms with Gasteiger partial charge in [-0.05, 0) is 23.8 Å². The van der Waals surface area contributed by atoms with Crippen molar-refractivity contribution in [3.8, 4) is 11.1 Å². The molecule has 0 spiro atoms. The molecule has 4 rings (SSSR count). The molecule has 2 aromatic carbocycles. The van der Waals surface area contributed by atoms with Crippen molar-refractivity contribution in [2.45, 2.75) is 0 Å². The number of carbonyl (C=O) groups excluding carboxylic acids is 1. The summed E-state index contributed by atoms with van der Waals surface area (Å²) in [6.45, 7) is 1.22. The van der Waals surface area contributed by atoms with Crippen LogP contribution in [-0.2, 0) is 4.74 Å². The van der Waals surface area contributed by atoms with Gasteiger partial charge >= 0.3 is 6.09 Å². The summed E-state index contributed by atoms with van der Waals surface area (Å²) >= 11 is 0. The second-order valence-electron chi connectivity index (χ2n) is 5.74. The summed E-state index contributed by atoms with van der Waals surface area (Å²) in [7, 11) is 0. The van der Waals surface area contributed by atoms with E-state index in [2.05, 4.69) is 5.43 Å². The number of anilines is 1. The lowest BCUT2D eigenvalue weighted by Gasteiger charge is -2.31. The molecule has 6 nitrogen and oxygen atoms in total. The van der Waals surface area contributed by atoms with Crippen molar-refractivity contribution in [2.75, 3.05) is 24.8 Å². The first-order chi connectivity index (χ1) is 12.2. The molecule has 2 aromatic rings. The lowest BCUT2D eigenvalue weighted by molar-refractivity contribution is 0.119. The third kappa shape index (κ3) is 3.01. The van der Waals surface area contributed by atoms with Crippen LogP contribution in [0.4, 0.5) is 14.9 Å². The number of hydrogen-bond acceptors (Lipinski definition) is 5. The molecule has 7 heteroatoms. The zero-order valence-corrected chi connectivity index (χ0v) is 13.4. The average Bonchev–Trinajstić information content (AvgIpc) is 3.25. The van der Waals surface area contributed by atoms with E-state index in [-0.39, 0.29) is 11.9 Å². The highest BCUT2D eigenvalue weighted by Gasteiger charge is 2.28. The molecule has 25 heavy (non-hydrogen) atoms. The molecule has 0 bridgehead atoms. The highest BCUT2D eigenvalue weighted by Crippen LogP contribution is 2.28. The zero-order valence-electron chi connectivity index (χ0n) is 13.4. The van der Waals surface area contributed by atoms with E-state index in [0.29, 0.717) is 31.1 Å². The van der Waals surface area contributed by atoms with Gasteiger partial charge in [0.1, 0.15) is 19.1 Å². The van der Waals surface area contributed by atoms with E-state index in [1.54, 1.807) is 33.5 Å². The van der Waals surface area contributed by atoms with E-state index < -0.39 is 0 Å². The van der Waals surface area contributed by atoms with Crippen LogP contribution >= 0.6 is 0 Å². The molecule has 2 aliphatic heterocycles. The maximum atomic E-state index is 14.6. The maximum absolute atomic E-state index is 14.6. The number of carbonyl (C=O) groups is 1. The van der Waals surface area contributed by atoms with Crippen LogP contribution in [0.3, 0.4) is 0 Å². The topological polar surface area (TPSA) is 48.1 Å². The van der Waals surface area contributed by atoms with Crippen molar-refractivity contribution in [3.63, 3.8) is 0 Å². The standard InChI is InChI=1S/C18H17FN4O2/c19-17-12-15(6-7-16(17)14-4-2-1-3-5-14)22-9-8-20-23(22)13-21-10-11-25-18(21)24/h1-9,12,20H,10-11,13H2. The monoisotopic (exact) mass is 340 g/mol. The van der Waals surface area contributed by atoms with Gasteiger partial charge in [-0.25, -0.2) is 9.18 Å². The van der Waals surface area contributed by atoms with Gasteiger partial charge in [0.05, 0.1) is 12.2 Å². The molecule has 0 atom stereocenters. The zero-order chi connectivity index (χ0) is 17.2. The van der Waals surface area contributed by atoms with E-state index in [9.17, 15) is 9.18 Å². The lowest BCUT2D eigenvalue weighted by atomic mass is 10.0. The van der Waals surface area contributed by atoms with Gasteiger partial charge in [0.25, 0.3) is 0 Å². The molecular weight excluding hydrogens is 323 g/mol. The molecule has 0 unspecified atom stereocenters. The first kappa shape index (κ1) is 15.5. The molecule has 2 aliphatic rings. The predicted octanol–water partition coefficient (Wildman–Crippen LogP) is 2.92. The van der Waals surface area contributed by atoms with E-state index >= 15 is 0 Å². The van der Waals surface area contributed by atoms with Gasteiger partial charge < -0.3 is 10.2 Å². The fourth-order valence-electron chi connectivity index (χ4n) is 2.88. The Bertz CT molecular complexity index is 812. The summed E-state index contributed by atoms with van der Waals surface area (Å²) in [6.07, 6.45) is 3.15. The minimum absolute atomic E-state index is 0.299. The first-order valence-electron chi connectivity index (χ1n) is 7.98. The van der Waals surface area contributed by atoms with Gasteiger partial charge in [0.2, 0.25) is 0 Å². The summed E-state index contributed by atoms with van der Waals surface area (Å²) in [5.74, 6) is -0.301. The highest BCUT2D eigenvalue weighted by molar-refractivity contribution is 5.69. The summed E-state index contributed by atoms with van der Waals surface area (Å²) in [5.41, 5.74) is 5.07. The van der Waals surface area contributed by atoms with E-state index in [4.69, 9.17) is 4.74 Å². The maximum Gasteiger partial charge on any atom is 0.411 e. The number of cyclic esters (lactones) is 1. The van der Waals surface area contributed by atoms with Crippen LogP contribution in [0.15, 0.2) is 60.9 Å². The molecule has 1 amide bonds. The first-order valence-corrected chi connectivity index (χ1v) is 7.98. The number of amides is 1. The SMILES string of the molecule is O=C1OCCN1CN1NC=CN1c1ccc(-c2ccccc2)c(F)c1. The minimum atomic E-state index is -0.348. The van der Waals surface area contributed by atoms with Gasteiger partial charge in [-0.1, -0.05) is 30.3 Å². The summed E-state index contributed by atoms with van der Waals surface area (Å²) in [5, 5.41) is 3.47. The Labute approximate surface area is 144 Å². The molecule has 2 heterocycles. The third-order valence-electron chi connectivity index (χ3n) is 4.15. The summed E-state index contributed by atoms with van der Waals surface area (Å²) in [6, 6.07) is 14.5. The molecule has 1 fully saturated rings. The Hall–Kier alpha value is -3.06. The number of hydrogen-bond donors (Lipinski definition) is 1. The third-order valence-corrected chi connectivity index (χ3v) is 4.15. The van der Waals surface area contributed by atoms with Crippen LogP contribution in [0, 0.1) is 5.82 Å². The summed E-state index contributed by atoms with van der Waals surface area (Å²) in [4.78, 5) is 13.2. The molecule has 0 saturated carbocycles. The number of hydrazine groups is 2. The van der Waals surface area contributed by atoms with Crippen molar-refractivity contribution in [2.24, 2.45) is 0 Å². The normalized spacial score (nSPS) is 17.1. The van der Waals surface area contributed by atoms with E-state index in [1.165, 1.54) is 6.07 Å². The van der Waals surface area contributed by atoms with Gasteiger partial charge in [-0.15, -0.1) is 5.12 Å². The Balaban J connectivity index is 1.55. The molecule has 1 saturated heterocycles. The number of nitrogens with zero attached hydrogens (tertiary/aromatic N) is 3. The highest BCUT2D eigenvalue weighted by atomic mass is 19.1. The molecule has 0 aromatic heterocycles. The van der Waals surface area contributed by atoms with Gasteiger partial charge in [-0.2, -0.15) is 0 Å². The van der Waals surface area contributed by atoms with Crippen molar-refractivity contribution in [1.29, 1.82) is 0 Å². The Morgan fingerprint density at radius 3 is 2.72 bits per heavy atom. The van der Waals surface area contributed by atoms with Crippen molar-refractivity contribution < 1.29 is 13.9 Å².